The van der Waals surface area contributed by atoms with Gasteiger partial charge in [0.2, 0.25) is 5.91 Å². The van der Waals surface area contributed by atoms with Crippen LogP contribution in [0.2, 0.25) is 5.02 Å². The molecule has 1 N–H and O–H groups in total. The van der Waals surface area contributed by atoms with Gasteiger partial charge in [-0.05, 0) is 37.1 Å². The third-order valence-corrected chi connectivity index (χ3v) is 8.02. The molecule has 1 heterocycles. The molecule has 1 aliphatic heterocycles. The summed E-state index contributed by atoms with van der Waals surface area (Å²) in [5.41, 5.74) is 0.836. The van der Waals surface area contributed by atoms with Crippen molar-refractivity contribution in [2.45, 2.75) is 34.8 Å². The highest BCUT2D eigenvalue weighted by atomic mass is 35.5. The number of amides is 1. The molecule has 7 nitrogen and oxygen atoms in total. The smallest absolute Gasteiger partial charge is 0.262 e. The highest BCUT2D eigenvalue weighted by Gasteiger charge is 2.37. The number of rotatable bonds is 6. The van der Waals surface area contributed by atoms with Crippen molar-refractivity contribution in [2.75, 3.05) is 30.4 Å². The van der Waals surface area contributed by atoms with Crippen LogP contribution in [0.15, 0.2) is 40.1 Å². The molecule has 1 aliphatic carbocycles. The molecule has 0 saturated heterocycles. The molecule has 2 aromatic rings. The van der Waals surface area contributed by atoms with Crippen LogP contribution in [0.5, 0.6) is 11.5 Å². The van der Waals surface area contributed by atoms with Gasteiger partial charge in [-0.15, -0.1) is 11.8 Å². The SMILES string of the molecule is COc1cc(OC)c(NS(=O)(=O)c2ccc3c(c2)N(C(=O)C2CC2)C[C@H](C)S3)cc1Cl. The fourth-order valence-electron chi connectivity index (χ4n) is 3.49. The van der Waals surface area contributed by atoms with Crippen LogP contribution in [0.4, 0.5) is 11.4 Å². The largest absolute Gasteiger partial charge is 0.495 e. The zero-order valence-corrected chi connectivity index (χ0v) is 19.7. The molecular formula is C21H23ClN2O5S2. The zero-order chi connectivity index (χ0) is 22.3. The third-order valence-electron chi connectivity index (χ3n) is 5.21. The number of sulfonamides is 1. The van der Waals surface area contributed by atoms with Gasteiger partial charge in [0.15, 0.2) is 0 Å². The Hall–Kier alpha value is -2.10. The molecule has 0 aromatic heterocycles. The molecule has 1 amide bonds. The first kappa shape index (κ1) is 22.1. The molecule has 1 saturated carbocycles. The summed E-state index contributed by atoms with van der Waals surface area (Å²) >= 11 is 7.81. The number of anilines is 2. The molecule has 2 aliphatic rings. The highest BCUT2D eigenvalue weighted by Crippen LogP contribution is 2.43. The molecule has 0 bridgehead atoms. The number of ether oxygens (including phenoxy) is 2. The second kappa shape index (κ2) is 8.44. The van der Waals surface area contributed by atoms with Gasteiger partial charge in [0.1, 0.15) is 11.5 Å². The standard InChI is InChI=1S/C21H23ClN2O5S2/c1-12-11-24(21(25)13-4-5-13)17-8-14(6-7-20(17)30-12)31(26,27)23-16-9-15(22)18(28-2)10-19(16)29-3/h6-10,12-13,23H,4-5,11H2,1-3H3/t12-/m0/s1. The van der Waals surface area contributed by atoms with Crippen LogP contribution in [0.1, 0.15) is 19.8 Å². The number of nitrogens with one attached hydrogen (secondary N) is 1. The Labute approximate surface area is 191 Å². The van der Waals surface area contributed by atoms with E-state index in [1.165, 1.54) is 26.4 Å². The van der Waals surface area contributed by atoms with E-state index < -0.39 is 10.0 Å². The molecule has 31 heavy (non-hydrogen) atoms. The predicted octanol–water partition coefficient (Wildman–Crippen LogP) is 4.40. The topological polar surface area (TPSA) is 84.9 Å². The minimum absolute atomic E-state index is 0.0484. The van der Waals surface area contributed by atoms with Crippen molar-refractivity contribution in [1.82, 2.24) is 0 Å². The van der Waals surface area contributed by atoms with Crippen molar-refractivity contribution < 1.29 is 22.7 Å². The van der Waals surface area contributed by atoms with Gasteiger partial charge in [-0.25, -0.2) is 8.42 Å². The second-order valence-corrected chi connectivity index (χ2v) is 11.1. The number of fused-ring (bicyclic) bond motifs is 1. The van der Waals surface area contributed by atoms with Crippen LogP contribution in [0.3, 0.4) is 0 Å². The Bertz CT molecular complexity index is 1130. The predicted molar refractivity (Wildman–Crippen MR) is 122 cm³/mol. The number of benzene rings is 2. The summed E-state index contributed by atoms with van der Waals surface area (Å²) in [7, 11) is -1.07. The number of carbonyl (C=O) groups excluding carboxylic acids is 1. The number of hydrogen-bond donors (Lipinski definition) is 1. The van der Waals surface area contributed by atoms with E-state index in [2.05, 4.69) is 11.6 Å². The summed E-state index contributed by atoms with van der Waals surface area (Å²) in [6.07, 6.45) is 1.79. The Morgan fingerprint density at radius 2 is 1.87 bits per heavy atom. The molecule has 0 spiro atoms. The normalized spacial score (nSPS) is 18.3. The van der Waals surface area contributed by atoms with Crippen molar-refractivity contribution in [2.24, 2.45) is 5.92 Å². The number of nitrogens with zero attached hydrogens (tertiary/aromatic N) is 1. The number of methoxy groups -OCH3 is 2. The van der Waals surface area contributed by atoms with Crippen LogP contribution in [0, 0.1) is 5.92 Å². The molecule has 1 fully saturated rings. The first-order chi connectivity index (χ1) is 14.7. The van der Waals surface area contributed by atoms with Gasteiger partial charge >= 0.3 is 0 Å². The van der Waals surface area contributed by atoms with Crippen molar-refractivity contribution >= 4 is 50.7 Å². The van der Waals surface area contributed by atoms with Gasteiger partial charge in [-0.2, -0.15) is 0 Å². The van der Waals surface area contributed by atoms with Gasteiger partial charge in [-0.3, -0.25) is 9.52 Å². The van der Waals surface area contributed by atoms with Crippen molar-refractivity contribution in [3.8, 4) is 11.5 Å². The Kier molecular flexibility index (Phi) is 6.02. The zero-order valence-electron chi connectivity index (χ0n) is 17.3. The van der Waals surface area contributed by atoms with Crippen LogP contribution in [-0.4, -0.2) is 40.3 Å². The summed E-state index contributed by atoms with van der Waals surface area (Å²) in [5, 5.41) is 0.486. The maximum absolute atomic E-state index is 13.2. The summed E-state index contributed by atoms with van der Waals surface area (Å²) in [6.45, 7) is 2.62. The van der Waals surface area contributed by atoms with Crippen molar-refractivity contribution in [3.05, 3.63) is 35.4 Å². The lowest BCUT2D eigenvalue weighted by atomic mass is 10.2. The van der Waals surface area contributed by atoms with E-state index >= 15 is 0 Å². The first-order valence-corrected chi connectivity index (χ1v) is 12.5. The van der Waals surface area contributed by atoms with E-state index in [1.807, 2.05) is 0 Å². The van der Waals surface area contributed by atoms with Crippen molar-refractivity contribution in [1.29, 1.82) is 0 Å². The van der Waals surface area contributed by atoms with Gasteiger partial charge in [0.05, 0.1) is 35.5 Å². The van der Waals surface area contributed by atoms with Gasteiger partial charge in [0.25, 0.3) is 10.0 Å². The van der Waals surface area contributed by atoms with Crippen LogP contribution >= 0.6 is 23.4 Å². The maximum atomic E-state index is 13.2. The molecule has 0 unspecified atom stereocenters. The fourth-order valence-corrected chi connectivity index (χ4v) is 5.90. The van der Waals surface area contributed by atoms with E-state index in [4.69, 9.17) is 21.1 Å². The van der Waals surface area contributed by atoms with Crippen LogP contribution in [0.25, 0.3) is 0 Å². The lowest BCUT2D eigenvalue weighted by molar-refractivity contribution is -0.119. The van der Waals surface area contributed by atoms with Crippen LogP contribution < -0.4 is 19.1 Å². The minimum Gasteiger partial charge on any atom is -0.495 e. The minimum atomic E-state index is -3.96. The van der Waals surface area contributed by atoms with Crippen molar-refractivity contribution in [3.63, 3.8) is 0 Å². The van der Waals surface area contributed by atoms with Gasteiger partial charge < -0.3 is 14.4 Å². The molecule has 0 radical (unpaired) electrons. The first-order valence-electron chi connectivity index (χ1n) is 9.80. The van der Waals surface area contributed by atoms with E-state index in [9.17, 15) is 13.2 Å². The number of hydrogen-bond acceptors (Lipinski definition) is 6. The quantitative estimate of drug-likeness (QED) is 0.657. The average Bonchev–Trinajstić information content (AvgIpc) is 3.57. The molecule has 166 valence electrons. The maximum Gasteiger partial charge on any atom is 0.262 e. The Balaban J connectivity index is 1.69. The number of thioether (sulfide) groups is 1. The lowest BCUT2D eigenvalue weighted by Gasteiger charge is -2.33. The monoisotopic (exact) mass is 482 g/mol. The van der Waals surface area contributed by atoms with Crippen LogP contribution in [-0.2, 0) is 14.8 Å². The number of halogens is 1. The second-order valence-electron chi connectivity index (χ2n) is 7.57. The van der Waals surface area contributed by atoms with E-state index in [1.54, 1.807) is 34.9 Å². The Morgan fingerprint density at radius 3 is 2.52 bits per heavy atom. The lowest BCUT2D eigenvalue weighted by Crippen LogP contribution is -2.39. The summed E-state index contributed by atoms with van der Waals surface area (Å²) in [4.78, 5) is 15.5. The van der Waals surface area contributed by atoms with Gasteiger partial charge in [0, 0.05) is 28.7 Å². The number of carbonyl (C=O) groups is 1. The third kappa shape index (κ3) is 4.44. The molecular weight excluding hydrogens is 460 g/mol. The van der Waals surface area contributed by atoms with E-state index in [-0.39, 0.29) is 38.4 Å². The average molecular weight is 483 g/mol. The molecule has 2 aromatic carbocycles. The van der Waals surface area contributed by atoms with E-state index in [0.29, 0.717) is 18.0 Å². The van der Waals surface area contributed by atoms with Gasteiger partial charge in [-0.1, -0.05) is 18.5 Å². The molecule has 10 heteroatoms. The summed E-state index contributed by atoms with van der Waals surface area (Å²) in [6, 6.07) is 7.82. The Morgan fingerprint density at radius 1 is 1.16 bits per heavy atom. The summed E-state index contributed by atoms with van der Waals surface area (Å²) in [5.74, 6) is 0.764. The van der Waals surface area contributed by atoms with E-state index in [0.717, 1.165) is 17.7 Å². The fraction of sp³-hybridized carbons (Fsp3) is 0.381. The summed E-state index contributed by atoms with van der Waals surface area (Å²) < 4.78 is 39.3. The molecule has 4 rings (SSSR count). The molecule has 1 atom stereocenters. The highest BCUT2D eigenvalue weighted by molar-refractivity contribution is 8.00.